The molecule has 0 saturated heterocycles. The number of rotatable bonds is 2. The van der Waals surface area contributed by atoms with Gasteiger partial charge in [-0.05, 0) is 0 Å². The molecule has 0 unspecified atom stereocenters. The van der Waals surface area contributed by atoms with Crippen LogP contribution in [0.4, 0.5) is 0 Å². The molecule has 0 aliphatic rings. The first kappa shape index (κ1) is 23.6. The molecule has 0 radical (unpaired) electrons. The van der Waals surface area contributed by atoms with E-state index < -0.39 is 0 Å². The topological polar surface area (TPSA) is 0 Å². The number of halogens is 1. The molecule has 14 heavy (non-hydrogen) atoms. The second kappa shape index (κ2) is 29.3. The summed E-state index contributed by atoms with van der Waals surface area (Å²) in [5.74, 6) is 0. The van der Waals surface area contributed by atoms with Crippen LogP contribution in [0.15, 0.2) is 36.5 Å². The van der Waals surface area contributed by atoms with Gasteiger partial charge in [0.25, 0.3) is 0 Å². The van der Waals surface area contributed by atoms with Gasteiger partial charge < -0.3 is 1.43 Å². The summed E-state index contributed by atoms with van der Waals surface area (Å²) in [6.45, 7) is 7.71. The van der Waals surface area contributed by atoms with E-state index in [1.165, 1.54) is 0 Å². The summed E-state index contributed by atoms with van der Waals surface area (Å²) in [5.41, 5.74) is 0. The van der Waals surface area contributed by atoms with Crippen molar-refractivity contribution in [1.29, 1.82) is 0 Å². The van der Waals surface area contributed by atoms with Crippen LogP contribution < -0.4 is 0 Å². The van der Waals surface area contributed by atoms with Gasteiger partial charge in [-0.2, -0.15) is 12.2 Å². The number of hydrogen-bond donors (Lipinski definition) is 0. The van der Waals surface area contributed by atoms with Crippen LogP contribution in [0.3, 0.4) is 0 Å². The molecular weight excluding hydrogens is 227 g/mol. The van der Waals surface area contributed by atoms with Crippen LogP contribution in [-0.4, -0.2) is 0 Å². The van der Waals surface area contributed by atoms with Gasteiger partial charge in [0.1, 0.15) is 0 Å². The predicted molar refractivity (Wildman–Crippen MR) is 65.0 cm³/mol. The van der Waals surface area contributed by atoms with E-state index in [2.05, 4.69) is 12.2 Å². The number of hydrogen-bond acceptors (Lipinski definition) is 0. The maximum atomic E-state index is 2.86. The molecule has 0 aliphatic carbocycles. The van der Waals surface area contributed by atoms with E-state index in [0.29, 0.717) is 0 Å². The summed E-state index contributed by atoms with van der Waals surface area (Å²) >= 11 is 0. The quantitative estimate of drug-likeness (QED) is 0.385. The maximum Gasteiger partial charge on any atom is 2.00 e. The smallest absolute Gasteiger partial charge is 1.00 e. The molecule has 0 rings (SSSR count). The van der Waals surface area contributed by atoms with Crippen molar-refractivity contribution in [2.45, 2.75) is 27.7 Å². The van der Waals surface area contributed by atoms with Crippen molar-refractivity contribution in [3.05, 3.63) is 48.6 Å². The Morgan fingerprint density at radius 3 is 1.21 bits per heavy atom. The van der Waals surface area contributed by atoms with Crippen LogP contribution in [-0.2, 0) is 21.7 Å². The second-order valence-electron chi connectivity index (χ2n) is 1.96. The van der Waals surface area contributed by atoms with Crippen LogP contribution >= 0.6 is 12.4 Å². The molecule has 0 amide bonds. The van der Waals surface area contributed by atoms with E-state index in [4.69, 9.17) is 0 Å². The summed E-state index contributed by atoms with van der Waals surface area (Å²) in [6.07, 6.45) is 17.3. The summed E-state index contributed by atoms with van der Waals surface area (Å²) in [7, 11) is 0. The fourth-order valence-corrected chi connectivity index (χ4v) is 0.385. The molecular formula is C12H20ClTi-. The summed E-state index contributed by atoms with van der Waals surface area (Å²) < 4.78 is 0. The number of allylic oxidation sites excluding steroid dienone is 8. The van der Waals surface area contributed by atoms with E-state index in [1.54, 1.807) is 0 Å². The van der Waals surface area contributed by atoms with Gasteiger partial charge >= 0.3 is 21.7 Å². The molecule has 80 valence electrons. The van der Waals surface area contributed by atoms with Gasteiger partial charge in [-0.1, -0.05) is 13.8 Å². The van der Waals surface area contributed by atoms with Gasteiger partial charge in [-0.15, -0.1) is 26.3 Å². The first-order chi connectivity index (χ1) is 5.83. The van der Waals surface area contributed by atoms with Gasteiger partial charge in [-0.25, -0.2) is 24.3 Å². The van der Waals surface area contributed by atoms with E-state index in [0.717, 1.165) is 0 Å². The van der Waals surface area contributed by atoms with Crippen LogP contribution in [0.2, 0.25) is 0 Å². The first-order valence-corrected chi connectivity index (χ1v) is 4.07. The van der Waals surface area contributed by atoms with Crippen molar-refractivity contribution < 1.29 is 23.1 Å². The molecule has 0 aromatic carbocycles. The molecule has 0 bridgehead atoms. The third-order valence-electron chi connectivity index (χ3n) is 0.911. The largest absolute Gasteiger partial charge is 2.00 e. The normalized spacial score (nSPS) is 10.0. The Labute approximate surface area is 112 Å². The maximum absolute atomic E-state index is 2.86. The fourth-order valence-electron chi connectivity index (χ4n) is 0.385. The minimum absolute atomic E-state index is 0. The standard InChI is InChI=1S/2C6H9.ClH.Ti.H/c2*1-3-5-6-4-2;;;/h2*3,5-6H,1-2H3;1H;;/q2*-1;;+2;-1. The first-order valence-electron chi connectivity index (χ1n) is 4.07. The molecule has 0 nitrogen and oxygen atoms in total. The van der Waals surface area contributed by atoms with Crippen LogP contribution in [0, 0.1) is 12.2 Å². The van der Waals surface area contributed by atoms with Crippen molar-refractivity contribution in [2.24, 2.45) is 0 Å². The molecule has 0 spiro atoms. The summed E-state index contributed by atoms with van der Waals surface area (Å²) in [5, 5.41) is 0. The Hall–Kier alpha value is -0.0357. The molecule has 0 N–H and O–H groups in total. The molecule has 0 heterocycles. The molecule has 0 saturated carbocycles. The predicted octanol–water partition coefficient (Wildman–Crippen LogP) is 4.42. The van der Waals surface area contributed by atoms with Gasteiger partial charge in [0.15, 0.2) is 0 Å². The van der Waals surface area contributed by atoms with Gasteiger partial charge in [0.05, 0.1) is 0 Å². The summed E-state index contributed by atoms with van der Waals surface area (Å²) in [4.78, 5) is 0. The molecule has 0 aliphatic heterocycles. The van der Waals surface area contributed by atoms with Crippen LogP contribution in [0.5, 0.6) is 0 Å². The van der Waals surface area contributed by atoms with E-state index in [1.807, 2.05) is 64.2 Å². The van der Waals surface area contributed by atoms with Crippen molar-refractivity contribution in [2.75, 3.05) is 0 Å². The molecule has 0 fully saturated rings. The van der Waals surface area contributed by atoms with E-state index >= 15 is 0 Å². The average molecular weight is 248 g/mol. The Morgan fingerprint density at radius 1 is 0.857 bits per heavy atom. The van der Waals surface area contributed by atoms with Gasteiger partial charge in [0, 0.05) is 0 Å². The van der Waals surface area contributed by atoms with Crippen molar-refractivity contribution in [1.82, 2.24) is 0 Å². The SMILES string of the molecule is C[C-]=CC=CC.C[C-]=CC=CC.Cl.[H-].[Ti+2]. The third-order valence-corrected chi connectivity index (χ3v) is 0.911. The Kier molecular flexibility index (Phi) is 49.4. The van der Waals surface area contributed by atoms with Crippen molar-refractivity contribution in [3.8, 4) is 0 Å². The Bertz CT molecular complexity index is 132. The van der Waals surface area contributed by atoms with Crippen LogP contribution in [0.25, 0.3) is 0 Å². The molecule has 0 aromatic rings. The monoisotopic (exact) mass is 247 g/mol. The summed E-state index contributed by atoms with van der Waals surface area (Å²) in [6, 6.07) is 0. The Morgan fingerprint density at radius 2 is 1.14 bits per heavy atom. The third kappa shape index (κ3) is 40.4. The Balaban J connectivity index is -0.0000000370. The van der Waals surface area contributed by atoms with Gasteiger partial charge in [0.2, 0.25) is 0 Å². The van der Waals surface area contributed by atoms with Crippen molar-refractivity contribution >= 4 is 12.4 Å². The molecule has 2 heteroatoms. The zero-order valence-corrected chi connectivity index (χ0v) is 11.8. The second-order valence-corrected chi connectivity index (χ2v) is 1.96. The molecule has 0 atom stereocenters. The van der Waals surface area contributed by atoms with E-state index in [-0.39, 0.29) is 35.6 Å². The van der Waals surface area contributed by atoms with Crippen molar-refractivity contribution in [3.63, 3.8) is 0 Å². The zero-order valence-electron chi connectivity index (χ0n) is 10.4. The van der Waals surface area contributed by atoms with Gasteiger partial charge in [-0.3, -0.25) is 12.2 Å². The fraction of sp³-hybridized carbons (Fsp3) is 0.333. The zero-order chi connectivity index (χ0) is 9.66. The minimum atomic E-state index is 0. The molecule has 0 aromatic heterocycles. The minimum Gasteiger partial charge on any atom is -1.00 e. The van der Waals surface area contributed by atoms with E-state index in [9.17, 15) is 0 Å². The average Bonchev–Trinajstić information content (AvgIpc) is 2.12. The van der Waals surface area contributed by atoms with Crippen LogP contribution in [0.1, 0.15) is 29.1 Å².